The van der Waals surface area contributed by atoms with E-state index in [0.29, 0.717) is 5.76 Å². The first-order valence-corrected chi connectivity index (χ1v) is 3.05. The van der Waals surface area contributed by atoms with Crippen LogP contribution >= 0.6 is 0 Å². The van der Waals surface area contributed by atoms with Crippen LogP contribution < -0.4 is 0 Å². The maximum Gasteiger partial charge on any atom is 0.111 e. The van der Waals surface area contributed by atoms with Crippen molar-refractivity contribution in [2.24, 2.45) is 4.99 Å². The molecule has 0 aliphatic rings. The number of hydrogen-bond donors (Lipinski definition) is 0. The molecule has 0 N–H and O–H groups in total. The minimum Gasteiger partial charge on any atom is -0.497 e. The van der Waals surface area contributed by atoms with E-state index in [1.54, 1.807) is 20.2 Å². The molecule has 0 saturated heterocycles. The zero-order chi connectivity index (χ0) is 7.98. The molecule has 0 atom stereocenters. The van der Waals surface area contributed by atoms with Crippen LogP contribution in [0.25, 0.3) is 0 Å². The SMILES string of the molecule is C=C(/C=C\C(C)=NC)OC. The summed E-state index contributed by atoms with van der Waals surface area (Å²) in [5.74, 6) is 0.642. The summed E-state index contributed by atoms with van der Waals surface area (Å²) in [6.07, 6.45) is 3.63. The van der Waals surface area contributed by atoms with Crippen molar-refractivity contribution in [3.05, 3.63) is 24.5 Å². The Hall–Kier alpha value is -1.05. The lowest BCUT2D eigenvalue weighted by Gasteiger charge is -1.94. The van der Waals surface area contributed by atoms with Crippen molar-refractivity contribution < 1.29 is 4.74 Å². The quantitative estimate of drug-likeness (QED) is 0.332. The third-order valence-electron chi connectivity index (χ3n) is 1.13. The first kappa shape index (κ1) is 8.95. The Morgan fingerprint density at radius 1 is 1.50 bits per heavy atom. The average Bonchev–Trinajstić information content (AvgIpc) is 1.99. The van der Waals surface area contributed by atoms with Crippen LogP contribution in [0, 0.1) is 0 Å². The molecule has 2 nitrogen and oxygen atoms in total. The third kappa shape index (κ3) is 3.89. The van der Waals surface area contributed by atoms with Gasteiger partial charge in [0.05, 0.1) is 7.11 Å². The molecular formula is C8H13NO. The maximum atomic E-state index is 4.81. The molecule has 56 valence electrons. The molecule has 0 heterocycles. The molecule has 10 heavy (non-hydrogen) atoms. The second-order valence-electron chi connectivity index (χ2n) is 1.87. The molecule has 0 aliphatic carbocycles. The van der Waals surface area contributed by atoms with Crippen LogP contribution in [0.1, 0.15) is 6.92 Å². The highest BCUT2D eigenvalue weighted by molar-refractivity contribution is 5.92. The molecule has 0 radical (unpaired) electrons. The normalized spacial score (nSPS) is 12.1. The number of hydrogen-bond acceptors (Lipinski definition) is 2. The third-order valence-corrected chi connectivity index (χ3v) is 1.13. The van der Waals surface area contributed by atoms with E-state index >= 15 is 0 Å². The van der Waals surface area contributed by atoms with Crippen molar-refractivity contribution in [2.75, 3.05) is 14.2 Å². The predicted octanol–water partition coefficient (Wildman–Crippen LogP) is 1.79. The average molecular weight is 139 g/mol. The summed E-state index contributed by atoms with van der Waals surface area (Å²) < 4.78 is 4.81. The van der Waals surface area contributed by atoms with Crippen LogP contribution in [0.2, 0.25) is 0 Å². The number of allylic oxidation sites excluding steroid dienone is 2. The lowest BCUT2D eigenvalue weighted by atomic mass is 10.3. The fraction of sp³-hybridized carbons (Fsp3) is 0.375. The van der Waals surface area contributed by atoms with E-state index in [0.717, 1.165) is 5.71 Å². The van der Waals surface area contributed by atoms with Gasteiger partial charge in [0.15, 0.2) is 0 Å². The minimum atomic E-state index is 0.642. The molecule has 0 fully saturated rings. The molecule has 0 unspecified atom stereocenters. The van der Waals surface area contributed by atoms with Gasteiger partial charge in [-0.3, -0.25) is 4.99 Å². The van der Waals surface area contributed by atoms with E-state index in [1.807, 2.05) is 13.0 Å². The molecule has 0 aromatic heterocycles. The zero-order valence-corrected chi connectivity index (χ0v) is 6.72. The summed E-state index contributed by atoms with van der Waals surface area (Å²) in [5, 5.41) is 0. The highest BCUT2D eigenvalue weighted by Crippen LogP contribution is 1.92. The van der Waals surface area contributed by atoms with Crippen LogP contribution in [0.4, 0.5) is 0 Å². The monoisotopic (exact) mass is 139 g/mol. The Kier molecular flexibility index (Phi) is 4.29. The first-order chi connectivity index (χ1) is 4.70. The molecule has 0 rings (SSSR count). The van der Waals surface area contributed by atoms with Crippen LogP contribution in [-0.2, 0) is 4.74 Å². The number of aliphatic imine (C=N–C) groups is 1. The van der Waals surface area contributed by atoms with Crippen molar-refractivity contribution in [1.29, 1.82) is 0 Å². The predicted molar refractivity (Wildman–Crippen MR) is 44.3 cm³/mol. The van der Waals surface area contributed by atoms with Crippen molar-refractivity contribution in [1.82, 2.24) is 0 Å². The largest absolute Gasteiger partial charge is 0.497 e. The van der Waals surface area contributed by atoms with Gasteiger partial charge in [0.2, 0.25) is 0 Å². The van der Waals surface area contributed by atoms with Gasteiger partial charge >= 0.3 is 0 Å². The van der Waals surface area contributed by atoms with Gasteiger partial charge in [-0.1, -0.05) is 6.58 Å². The lowest BCUT2D eigenvalue weighted by molar-refractivity contribution is 0.309. The first-order valence-electron chi connectivity index (χ1n) is 3.05. The summed E-state index contributed by atoms with van der Waals surface area (Å²) in [5.41, 5.74) is 0.957. The van der Waals surface area contributed by atoms with Crippen LogP contribution in [-0.4, -0.2) is 19.9 Å². The van der Waals surface area contributed by atoms with Gasteiger partial charge in [-0.25, -0.2) is 0 Å². The smallest absolute Gasteiger partial charge is 0.111 e. The van der Waals surface area contributed by atoms with Crippen molar-refractivity contribution in [3.63, 3.8) is 0 Å². The Morgan fingerprint density at radius 2 is 2.10 bits per heavy atom. The Morgan fingerprint density at radius 3 is 2.50 bits per heavy atom. The van der Waals surface area contributed by atoms with Gasteiger partial charge in [0.1, 0.15) is 5.76 Å². The number of ether oxygens (including phenoxy) is 1. The second-order valence-corrected chi connectivity index (χ2v) is 1.87. The van der Waals surface area contributed by atoms with Gasteiger partial charge < -0.3 is 4.74 Å². The van der Waals surface area contributed by atoms with E-state index in [-0.39, 0.29) is 0 Å². The minimum absolute atomic E-state index is 0.642. The fourth-order valence-corrected chi connectivity index (χ4v) is 0.356. The zero-order valence-electron chi connectivity index (χ0n) is 6.72. The Labute approximate surface area is 61.9 Å². The molecule has 0 aromatic rings. The summed E-state index contributed by atoms with van der Waals surface area (Å²) in [4.78, 5) is 3.93. The molecule has 0 spiro atoms. The van der Waals surface area contributed by atoms with Gasteiger partial charge in [0, 0.05) is 12.8 Å². The summed E-state index contributed by atoms with van der Waals surface area (Å²) in [6, 6.07) is 0. The van der Waals surface area contributed by atoms with Crippen molar-refractivity contribution >= 4 is 5.71 Å². The van der Waals surface area contributed by atoms with Crippen LogP contribution in [0.5, 0.6) is 0 Å². The molecule has 0 aliphatic heterocycles. The van der Waals surface area contributed by atoms with Gasteiger partial charge in [-0.2, -0.15) is 0 Å². The molecule has 0 saturated carbocycles. The summed E-state index contributed by atoms with van der Waals surface area (Å²) in [7, 11) is 3.33. The van der Waals surface area contributed by atoms with E-state index in [4.69, 9.17) is 4.74 Å². The number of methoxy groups -OCH3 is 1. The fourth-order valence-electron chi connectivity index (χ4n) is 0.356. The van der Waals surface area contributed by atoms with Crippen molar-refractivity contribution in [3.8, 4) is 0 Å². The highest BCUT2D eigenvalue weighted by atomic mass is 16.5. The molecule has 0 amide bonds. The van der Waals surface area contributed by atoms with Crippen LogP contribution in [0.3, 0.4) is 0 Å². The highest BCUT2D eigenvalue weighted by Gasteiger charge is 1.82. The summed E-state index contributed by atoms with van der Waals surface area (Å²) in [6.45, 7) is 5.53. The standard InChI is InChI=1S/C8H13NO/c1-7(9-3)5-6-8(2)10-4/h5-6H,2H2,1,3-4H3/b6-5-,9-7?. The molecule has 2 heteroatoms. The molecule has 0 bridgehead atoms. The Bertz CT molecular complexity index is 168. The topological polar surface area (TPSA) is 21.6 Å². The van der Waals surface area contributed by atoms with E-state index in [1.165, 1.54) is 0 Å². The van der Waals surface area contributed by atoms with Gasteiger partial charge in [0.25, 0.3) is 0 Å². The van der Waals surface area contributed by atoms with E-state index in [2.05, 4.69) is 11.6 Å². The lowest BCUT2D eigenvalue weighted by Crippen LogP contribution is -1.84. The molecule has 0 aromatic carbocycles. The van der Waals surface area contributed by atoms with E-state index in [9.17, 15) is 0 Å². The molecular weight excluding hydrogens is 126 g/mol. The maximum absolute atomic E-state index is 4.81. The van der Waals surface area contributed by atoms with Gasteiger partial charge in [-0.15, -0.1) is 0 Å². The van der Waals surface area contributed by atoms with Crippen LogP contribution in [0.15, 0.2) is 29.5 Å². The Balaban J connectivity index is 3.88. The number of nitrogens with zero attached hydrogens (tertiary/aromatic N) is 1. The summed E-state index contributed by atoms with van der Waals surface area (Å²) >= 11 is 0. The second kappa shape index (κ2) is 4.79. The van der Waals surface area contributed by atoms with E-state index < -0.39 is 0 Å². The number of rotatable bonds is 3. The van der Waals surface area contributed by atoms with Crippen molar-refractivity contribution in [2.45, 2.75) is 6.92 Å². The van der Waals surface area contributed by atoms with Gasteiger partial charge in [-0.05, 0) is 19.1 Å².